The van der Waals surface area contributed by atoms with Crippen LogP contribution in [-0.2, 0) is 19.6 Å². The van der Waals surface area contributed by atoms with Crippen LogP contribution in [-0.4, -0.2) is 39.6 Å². The molecule has 0 atom stereocenters. The molecule has 0 aromatic heterocycles. The zero-order valence-corrected chi connectivity index (χ0v) is 7.94. The van der Waals surface area contributed by atoms with Crippen LogP contribution in [0.25, 0.3) is 0 Å². The first kappa shape index (κ1) is 12.9. The molecule has 0 amide bonds. The molecule has 0 unspecified atom stereocenters. The smallest absolute Gasteiger partial charge is 0.441 e. The van der Waals surface area contributed by atoms with Crippen LogP contribution in [0.2, 0.25) is 0 Å². The maximum atomic E-state index is 12.0. The summed E-state index contributed by atoms with van der Waals surface area (Å²) in [6.07, 6.45) is -4.72. The lowest BCUT2D eigenvalue weighted by molar-refractivity contribution is -0.137. The van der Waals surface area contributed by atoms with E-state index in [9.17, 15) is 26.4 Å². The van der Waals surface area contributed by atoms with Gasteiger partial charge in [-0.15, -0.1) is 0 Å². The van der Waals surface area contributed by atoms with Crippen molar-refractivity contribution >= 4 is 21.7 Å². The van der Waals surface area contributed by atoms with Crippen LogP contribution >= 0.6 is 0 Å². The highest BCUT2D eigenvalue weighted by molar-refractivity contribution is 7.89. The van der Waals surface area contributed by atoms with E-state index in [0.717, 1.165) is 0 Å². The molecule has 0 fully saturated rings. The summed E-state index contributed by atoms with van der Waals surface area (Å²) in [6.45, 7) is 0. The Hall–Kier alpha value is -1.12. The average molecular weight is 233 g/mol. The fraction of sp³-hybridized carbons (Fsp3) is 0.600. The van der Waals surface area contributed by atoms with Crippen molar-refractivity contribution in [2.24, 2.45) is 4.40 Å². The van der Waals surface area contributed by atoms with Crippen LogP contribution < -0.4 is 0 Å². The third-order valence-corrected chi connectivity index (χ3v) is 1.42. The standard InChI is InChI=1S/C5H6F3NO4S/c1-13-4(10)3(5(6,7)8)9-14(2,11)12/h1-2H3/b9-3+. The maximum Gasteiger partial charge on any atom is 0.441 e. The van der Waals surface area contributed by atoms with Crippen LogP contribution in [0.3, 0.4) is 0 Å². The quantitative estimate of drug-likeness (QED) is 0.501. The van der Waals surface area contributed by atoms with Crippen LogP contribution in [0, 0.1) is 0 Å². The minimum atomic E-state index is -5.16. The summed E-state index contributed by atoms with van der Waals surface area (Å²) in [5.41, 5.74) is -2.09. The second kappa shape index (κ2) is 3.95. The summed E-state index contributed by atoms with van der Waals surface area (Å²) in [6, 6.07) is 0. The van der Waals surface area contributed by atoms with Gasteiger partial charge in [0.1, 0.15) is 0 Å². The fourth-order valence-electron chi connectivity index (χ4n) is 0.467. The molecule has 0 rings (SSSR count). The van der Waals surface area contributed by atoms with Gasteiger partial charge in [-0.2, -0.15) is 17.6 Å². The largest absolute Gasteiger partial charge is 0.464 e. The lowest BCUT2D eigenvalue weighted by Gasteiger charge is -2.06. The molecular formula is C5H6F3NO4S. The molecule has 0 heterocycles. The lowest BCUT2D eigenvalue weighted by atomic mass is 10.4. The van der Waals surface area contributed by atoms with Crippen molar-refractivity contribution in [1.82, 2.24) is 0 Å². The molecule has 0 saturated heterocycles. The van der Waals surface area contributed by atoms with Crippen molar-refractivity contribution in [3.63, 3.8) is 0 Å². The number of sulfonamides is 1. The van der Waals surface area contributed by atoms with E-state index in [4.69, 9.17) is 0 Å². The zero-order chi connectivity index (χ0) is 11.6. The molecular weight excluding hydrogens is 227 g/mol. The van der Waals surface area contributed by atoms with Gasteiger partial charge in [-0.3, -0.25) is 0 Å². The van der Waals surface area contributed by atoms with E-state index in [1.54, 1.807) is 0 Å². The highest BCUT2D eigenvalue weighted by atomic mass is 32.2. The highest BCUT2D eigenvalue weighted by Crippen LogP contribution is 2.19. The van der Waals surface area contributed by atoms with Gasteiger partial charge in [-0.1, -0.05) is 0 Å². The number of carbonyl (C=O) groups is 1. The van der Waals surface area contributed by atoms with Gasteiger partial charge in [0.2, 0.25) is 5.71 Å². The Morgan fingerprint density at radius 2 is 1.79 bits per heavy atom. The van der Waals surface area contributed by atoms with E-state index >= 15 is 0 Å². The number of carbonyl (C=O) groups excluding carboxylic acids is 1. The van der Waals surface area contributed by atoms with E-state index in [1.807, 2.05) is 0 Å². The molecule has 5 nitrogen and oxygen atoms in total. The molecule has 0 radical (unpaired) electrons. The molecule has 0 aromatic rings. The number of esters is 1. The minimum absolute atomic E-state index is 0.432. The number of halogens is 3. The molecule has 0 spiro atoms. The van der Waals surface area contributed by atoms with E-state index in [-0.39, 0.29) is 0 Å². The number of nitrogens with zero attached hydrogens (tertiary/aromatic N) is 1. The third kappa shape index (κ3) is 4.21. The molecule has 9 heteroatoms. The summed E-state index contributed by atoms with van der Waals surface area (Å²) >= 11 is 0. The minimum Gasteiger partial charge on any atom is -0.464 e. The molecule has 0 aliphatic rings. The van der Waals surface area contributed by atoms with Gasteiger partial charge in [0, 0.05) is 0 Å². The predicted molar refractivity (Wildman–Crippen MR) is 40.3 cm³/mol. The monoisotopic (exact) mass is 233 g/mol. The zero-order valence-electron chi connectivity index (χ0n) is 7.12. The Morgan fingerprint density at radius 3 is 2.00 bits per heavy atom. The van der Waals surface area contributed by atoms with Crippen molar-refractivity contribution in [3.05, 3.63) is 0 Å². The van der Waals surface area contributed by atoms with Gasteiger partial charge in [-0.25, -0.2) is 13.2 Å². The summed E-state index contributed by atoms with van der Waals surface area (Å²) in [5, 5.41) is 0. The first-order valence-electron chi connectivity index (χ1n) is 3.03. The molecule has 0 aromatic carbocycles. The lowest BCUT2D eigenvalue weighted by Crippen LogP contribution is -2.33. The number of methoxy groups -OCH3 is 1. The van der Waals surface area contributed by atoms with Crippen molar-refractivity contribution in [2.45, 2.75) is 6.18 Å². The number of hydrogen-bond acceptors (Lipinski definition) is 4. The first-order chi connectivity index (χ1) is 6.08. The number of hydrogen-bond donors (Lipinski definition) is 0. The van der Waals surface area contributed by atoms with Crippen molar-refractivity contribution in [1.29, 1.82) is 0 Å². The summed E-state index contributed by atoms with van der Waals surface area (Å²) in [5.74, 6) is -1.84. The Balaban J connectivity index is 5.36. The summed E-state index contributed by atoms with van der Waals surface area (Å²) in [4.78, 5) is 10.5. The number of alkyl halides is 3. The Kier molecular flexibility index (Phi) is 3.63. The Morgan fingerprint density at radius 1 is 1.36 bits per heavy atom. The average Bonchev–Trinajstić information content (AvgIpc) is 1.95. The third-order valence-electron chi connectivity index (χ3n) is 0.904. The summed E-state index contributed by atoms with van der Waals surface area (Å²) in [7, 11) is -3.61. The number of ether oxygens (including phenoxy) is 1. The second-order valence-corrected chi connectivity index (χ2v) is 3.81. The van der Waals surface area contributed by atoms with Gasteiger partial charge in [0.25, 0.3) is 10.0 Å². The Bertz CT molecular complexity index is 356. The van der Waals surface area contributed by atoms with Gasteiger partial charge in [-0.05, 0) is 0 Å². The van der Waals surface area contributed by atoms with E-state index in [1.165, 1.54) is 0 Å². The van der Waals surface area contributed by atoms with E-state index in [0.29, 0.717) is 13.4 Å². The molecule has 0 N–H and O–H groups in total. The topological polar surface area (TPSA) is 72.8 Å². The van der Waals surface area contributed by atoms with E-state index < -0.39 is 27.9 Å². The molecule has 0 saturated carbocycles. The molecule has 0 aliphatic carbocycles. The van der Waals surface area contributed by atoms with Gasteiger partial charge >= 0.3 is 12.1 Å². The predicted octanol–water partition coefficient (Wildman–Crippen LogP) is 0.122. The molecule has 82 valence electrons. The van der Waals surface area contributed by atoms with Gasteiger partial charge in [0.05, 0.1) is 13.4 Å². The second-order valence-electron chi connectivity index (χ2n) is 2.16. The normalized spacial score (nSPS) is 13.9. The van der Waals surface area contributed by atoms with Gasteiger partial charge in [0.15, 0.2) is 0 Å². The Labute approximate surface area is 77.6 Å². The van der Waals surface area contributed by atoms with Crippen molar-refractivity contribution in [2.75, 3.05) is 13.4 Å². The van der Waals surface area contributed by atoms with Crippen LogP contribution in [0.4, 0.5) is 13.2 Å². The molecule has 0 bridgehead atoms. The maximum absolute atomic E-state index is 12.0. The fourth-order valence-corrected chi connectivity index (χ4v) is 0.977. The van der Waals surface area contributed by atoms with E-state index in [2.05, 4.69) is 9.13 Å². The van der Waals surface area contributed by atoms with Crippen LogP contribution in [0.1, 0.15) is 0 Å². The van der Waals surface area contributed by atoms with Crippen LogP contribution in [0.5, 0.6) is 0 Å². The molecule has 14 heavy (non-hydrogen) atoms. The molecule has 0 aliphatic heterocycles. The van der Waals surface area contributed by atoms with Crippen molar-refractivity contribution < 1.29 is 31.1 Å². The number of rotatable bonds is 2. The van der Waals surface area contributed by atoms with Crippen LogP contribution in [0.15, 0.2) is 4.40 Å². The SMILES string of the molecule is COC(=O)/C(=N\S(C)(=O)=O)C(F)(F)F. The first-order valence-corrected chi connectivity index (χ1v) is 4.88. The van der Waals surface area contributed by atoms with Gasteiger partial charge < -0.3 is 4.74 Å². The van der Waals surface area contributed by atoms with Crippen molar-refractivity contribution in [3.8, 4) is 0 Å². The highest BCUT2D eigenvalue weighted by Gasteiger charge is 2.43. The summed E-state index contributed by atoms with van der Waals surface area (Å²) < 4.78 is 62.8.